The zero-order valence-electron chi connectivity index (χ0n) is 17.9. The van der Waals surface area contributed by atoms with Gasteiger partial charge in [0.2, 0.25) is 5.88 Å². The van der Waals surface area contributed by atoms with Crippen LogP contribution in [0.2, 0.25) is 0 Å². The Morgan fingerprint density at radius 1 is 0.909 bits per heavy atom. The average Bonchev–Trinajstić information content (AvgIpc) is 3.34. The first kappa shape index (κ1) is 20.7. The number of nitrogens with zero attached hydrogens (tertiary/aromatic N) is 3. The number of benzene rings is 3. The third-order valence-electron chi connectivity index (χ3n) is 5.26. The summed E-state index contributed by atoms with van der Waals surface area (Å²) in [5.74, 6) is 0.950. The minimum atomic E-state index is -0.384. The van der Waals surface area contributed by atoms with Crippen LogP contribution in [-0.2, 0) is 4.79 Å². The van der Waals surface area contributed by atoms with E-state index in [1.165, 1.54) is 11.3 Å². The molecule has 0 unspecified atom stereocenters. The zero-order valence-corrected chi connectivity index (χ0v) is 18.7. The van der Waals surface area contributed by atoms with Crippen molar-refractivity contribution in [2.24, 2.45) is 9.98 Å². The molecular weight excluding hydrogens is 438 g/mol. The van der Waals surface area contributed by atoms with Gasteiger partial charge in [0.05, 0.1) is 36.5 Å². The summed E-state index contributed by atoms with van der Waals surface area (Å²) in [7, 11) is 3.20. The first-order chi connectivity index (χ1) is 16.1. The lowest BCUT2D eigenvalue weighted by atomic mass is 10.1. The second-order valence-corrected chi connectivity index (χ2v) is 8.17. The molecule has 0 fully saturated rings. The normalized spacial score (nSPS) is 13.1. The number of carbonyl (C=O) groups excluding carboxylic acids is 1. The molecule has 7 nitrogen and oxygen atoms in total. The quantitative estimate of drug-likeness (QED) is 0.499. The summed E-state index contributed by atoms with van der Waals surface area (Å²) < 4.78 is 12.1. The largest absolute Gasteiger partial charge is 0.497 e. The number of aromatic nitrogens is 1. The van der Waals surface area contributed by atoms with Crippen LogP contribution in [0.1, 0.15) is 4.88 Å². The van der Waals surface area contributed by atoms with Crippen molar-refractivity contribution in [2.45, 2.75) is 0 Å². The predicted molar refractivity (Wildman–Crippen MR) is 125 cm³/mol. The smallest absolute Gasteiger partial charge is 0.279 e. The molecule has 2 heterocycles. The lowest BCUT2D eigenvalue weighted by Crippen LogP contribution is -2.22. The highest BCUT2D eigenvalue weighted by molar-refractivity contribution is 7.11. The Morgan fingerprint density at radius 2 is 1.55 bits per heavy atom. The monoisotopic (exact) mass is 457 g/mol. The molecule has 3 aromatic carbocycles. The van der Waals surface area contributed by atoms with E-state index in [-0.39, 0.29) is 11.8 Å². The van der Waals surface area contributed by atoms with Gasteiger partial charge in [-0.25, -0.2) is 9.98 Å². The fourth-order valence-electron chi connectivity index (χ4n) is 3.62. The van der Waals surface area contributed by atoms with Gasteiger partial charge in [-0.15, -0.1) is 0 Å². The number of rotatable bonds is 5. The van der Waals surface area contributed by atoms with E-state index in [0.29, 0.717) is 43.0 Å². The molecule has 164 valence electrons. The lowest BCUT2D eigenvalue weighted by molar-refractivity contribution is -0.112. The summed E-state index contributed by atoms with van der Waals surface area (Å²) in [4.78, 5) is 22.6. The molecule has 1 amide bonds. The summed E-state index contributed by atoms with van der Waals surface area (Å²) >= 11 is 1.23. The van der Waals surface area contributed by atoms with Crippen molar-refractivity contribution in [3.8, 4) is 23.1 Å². The van der Waals surface area contributed by atoms with E-state index in [1.54, 1.807) is 37.0 Å². The van der Waals surface area contributed by atoms with Crippen molar-refractivity contribution in [2.75, 3.05) is 14.2 Å². The average molecular weight is 458 g/mol. The van der Waals surface area contributed by atoms with Gasteiger partial charge in [0.1, 0.15) is 16.4 Å². The van der Waals surface area contributed by atoms with Gasteiger partial charge in [-0.05, 0) is 54.6 Å². The summed E-state index contributed by atoms with van der Waals surface area (Å²) in [6.45, 7) is 0. The fourth-order valence-corrected chi connectivity index (χ4v) is 4.72. The van der Waals surface area contributed by atoms with Gasteiger partial charge >= 0.3 is 0 Å². The molecule has 0 bridgehead atoms. The number of hydrogen-bond acceptors (Lipinski definition) is 6. The minimum Gasteiger partial charge on any atom is -0.497 e. The van der Waals surface area contributed by atoms with Gasteiger partial charge in [-0.2, -0.15) is 0 Å². The van der Waals surface area contributed by atoms with E-state index in [0.717, 1.165) is 5.75 Å². The molecule has 5 rings (SSSR count). The van der Waals surface area contributed by atoms with Gasteiger partial charge in [0, 0.05) is 5.22 Å². The number of methoxy groups -OCH3 is 2. The maximum Gasteiger partial charge on any atom is 0.279 e. The Hall–Kier alpha value is -4.17. The molecule has 0 aliphatic carbocycles. The number of thiazole rings is 1. The fraction of sp³-hybridized carbons (Fsp3) is 0.0800. The lowest BCUT2D eigenvalue weighted by Gasteiger charge is -2.07. The summed E-state index contributed by atoms with van der Waals surface area (Å²) in [6, 6.07) is 21.8. The first-order valence-electron chi connectivity index (χ1n) is 10.1. The molecular formula is C25H19N3O4S. The van der Waals surface area contributed by atoms with E-state index in [9.17, 15) is 9.90 Å². The minimum absolute atomic E-state index is 0.0762. The Kier molecular flexibility index (Phi) is 5.27. The molecule has 0 saturated heterocycles. The topological polar surface area (TPSA) is 85.4 Å². The van der Waals surface area contributed by atoms with Gasteiger partial charge in [0.15, 0.2) is 4.80 Å². The van der Waals surface area contributed by atoms with Crippen LogP contribution in [0.5, 0.6) is 17.4 Å². The maximum atomic E-state index is 12.8. The number of para-hydroxylation sites is 1. The van der Waals surface area contributed by atoms with Gasteiger partial charge in [0.25, 0.3) is 5.91 Å². The molecule has 0 spiro atoms. The SMILES string of the molecule is COc1ccc(N=c2sc(C3=c4ccccc4=NC3=O)c(O)n2-c2ccc(OC)cc2)cc1. The molecule has 33 heavy (non-hydrogen) atoms. The third-order valence-corrected chi connectivity index (χ3v) is 6.31. The van der Waals surface area contributed by atoms with Crippen LogP contribution >= 0.6 is 11.3 Å². The highest BCUT2D eigenvalue weighted by Gasteiger charge is 2.26. The molecule has 0 radical (unpaired) electrons. The van der Waals surface area contributed by atoms with E-state index in [2.05, 4.69) is 4.99 Å². The maximum absolute atomic E-state index is 12.8. The number of ether oxygens (including phenoxy) is 2. The predicted octanol–water partition coefficient (Wildman–Crippen LogP) is 2.85. The second-order valence-electron chi connectivity index (χ2n) is 7.19. The highest BCUT2D eigenvalue weighted by Crippen LogP contribution is 2.31. The second kappa shape index (κ2) is 8.40. The van der Waals surface area contributed by atoms with Gasteiger partial charge < -0.3 is 14.6 Å². The number of fused-ring (bicyclic) bond motifs is 1. The van der Waals surface area contributed by atoms with Crippen LogP contribution in [0, 0.1) is 0 Å². The number of amides is 1. The van der Waals surface area contributed by atoms with Crippen molar-refractivity contribution in [3.63, 3.8) is 0 Å². The third kappa shape index (κ3) is 3.70. The standard InChI is InChI=1S/C25H19N3O4S/c1-31-17-11-7-15(8-12-17)26-25-28(16-9-13-18(32-2)14-10-16)24(30)22(33-25)21-19-5-3-4-6-20(19)27-23(21)29/h3-14,30H,1-2H3. The number of hydrogen-bond donors (Lipinski definition) is 1. The molecule has 1 aliphatic heterocycles. The van der Waals surface area contributed by atoms with E-state index >= 15 is 0 Å². The van der Waals surface area contributed by atoms with Crippen molar-refractivity contribution in [1.82, 2.24) is 4.57 Å². The van der Waals surface area contributed by atoms with Crippen LogP contribution in [-0.4, -0.2) is 29.8 Å². The summed E-state index contributed by atoms with van der Waals surface area (Å²) in [5, 5.41) is 12.6. The molecule has 8 heteroatoms. The Morgan fingerprint density at radius 3 is 2.21 bits per heavy atom. The van der Waals surface area contributed by atoms with Crippen molar-refractivity contribution < 1.29 is 19.4 Å². The first-order valence-corrected chi connectivity index (χ1v) is 10.9. The van der Waals surface area contributed by atoms with Crippen molar-refractivity contribution in [3.05, 3.63) is 93.1 Å². The van der Waals surface area contributed by atoms with Crippen molar-refractivity contribution >= 4 is 28.5 Å². The zero-order chi connectivity index (χ0) is 22.9. The van der Waals surface area contributed by atoms with E-state index in [4.69, 9.17) is 14.5 Å². The Labute approximate surface area is 192 Å². The Bertz CT molecular complexity index is 1550. The number of carbonyl (C=O) groups is 1. The molecule has 0 atom stereocenters. The van der Waals surface area contributed by atoms with Gasteiger partial charge in [-0.1, -0.05) is 29.5 Å². The molecule has 1 N–H and O–H groups in total. The Balaban J connectivity index is 1.77. The van der Waals surface area contributed by atoms with Crippen LogP contribution < -0.4 is 24.9 Å². The molecule has 4 aromatic rings. The molecule has 0 saturated carbocycles. The molecule has 1 aromatic heterocycles. The summed E-state index contributed by atoms with van der Waals surface area (Å²) in [5.41, 5.74) is 1.73. The van der Waals surface area contributed by atoms with E-state index in [1.807, 2.05) is 54.6 Å². The van der Waals surface area contributed by atoms with Gasteiger partial charge in [-0.3, -0.25) is 9.36 Å². The molecule has 1 aliphatic rings. The van der Waals surface area contributed by atoms with Crippen LogP contribution in [0.3, 0.4) is 0 Å². The van der Waals surface area contributed by atoms with Crippen molar-refractivity contribution in [1.29, 1.82) is 0 Å². The highest BCUT2D eigenvalue weighted by atomic mass is 32.1. The van der Waals surface area contributed by atoms with Crippen LogP contribution in [0.25, 0.3) is 11.3 Å². The van der Waals surface area contributed by atoms with Crippen LogP contribution in [0.15, 0.2) is 82.8 Å². The summed E-state index contributed by atoms with van der Waals surface area (Å²) in [6.07, 6.45) is 0. The van der Waals surface area contributed by atoms with Crippen LogP contribution in [0.4, 0.5) is 5.69 Å². The van der Waals surface area contributed by atoms with E-state index < -0.39 is 0 Å². The number of aromatic hydroxyl groups is 1.